The van der Waals surface area contributed by atoms with E-state index in [1.807, 2.05) is 49.9 Å². The number of nitrogens with one attached hydrogen (secondary N) is 1. The van der Waals surface area contributed by atoms with Crippen LogP contribution >= 0.6 is 0 Å². The highest BCUT2D eigenvalue weighted by atomic mass is 16.2. The first-order valence-corrected chi connectivity index (χ1v) is 8.88. The molecule has 25 heavy (non-hydrogen) atoms. The summed E-state index contributed by atoms with van der Waals surface area (Å²) in [5.41, 5.74) is 0.881. The minimum Gasteiger partial charge on any atom is -0.332 e. The third kappa shape index (κ3) is 4.13. The van der Waals surface area contributed by atoms with Crippen molar-refractivity contribution in [2.24, 2.45) is 5.92 Å². The molecule has 0 aromatic carbocycles. The van der Waals surface area contributed by atoms with E-state index in [4.69, 9.17) is 0 Å². The van der Waals surface area contributed by atoms with E-state index < -0.39 is 0 Å². The van der Waals surface area contributed by atoms with Crippen LogP contribution in [0.25, 0.3) is 0 Å². The second-order valence-corrected chi connectivity index (χ2v) is 6.79. The van der Waals surface area contributed by atoms with Gasteiger partial charge in [0.2, 0.25) is 5.91 Å². The second kappa shape index (κ2) is 7.59. The third-order valence-electron chi connectivity index (χ3n) is 4.37. The maximum Gasteiger partial charge on any atom is 0.225 e. The largest absolute Gasteiger partial charge is 0.332 e. The minimum absolute atomic E-state index is 0.0171. The van der Waals surface area contributed by atoms with Gasteiger partial charge in [0.1, 0.15) is 11.6 Å². The molecule has 1 N–H and O–H groups in total. The quantitative estimate of drug-likeness (QED) is 0.921. The van der Waals surface area contributed by atoms with Gasteiger partial charge in [0, 0.05) is 30.4 Å². The molecule has 132 valence electrons. The van der Waals surface area contributed by atoms with Gasteiger partial charge in [-0.1, -0.05) is 19.9 Å². The molecule has 1 fully saturated rings. The normalized spacial score (nSPS) is 17.6. The van der Waals surface area contributed by atoms with Crippen LogP contribution in [0.3, 0.4) is 0 Å². The fraction of sp³-hybridized carbons (Fsp3) is 0.474. The van der Waals surface area contributed by atoms with Crippen LogP contribution in [0.4, 0.5) is 11.6 Å². The van der Waals surface area contributed by atoms with E-state index in [0.29, 0.717) is 11.6 Å². The SMILES string of the molecule is Cc1cc(Nc2ccccn2)nc(C2CCCCN2C(=O)C(C)C)n1. The molecule has 0 bridgehead atoms. The average Bonchev–Trinajstić information content (AvgIpc) is 2.61. The molecule has 1 saturated heterocycles. The van der Waals surface area contributed by atoms with Crippen molar-refractivity contribution < 1.29 is 4.79 Å². The molecule has 1 aliphatic rings. The van der Waals surface area contributed by atoms with Crippen molar-refractivity contribution in [3.8, 4) is 0 Å². The van der Waals surface area contributed by atoms with E-state index >= 15 is 0 Å². The zero-order valence-electron chi connectivity index (χ0n) is 15.1. The Morgan fingerprint density at radius 3 is 2.80 bits per heavy atom. The molecule has 6 heteroatoms. The fourth-order valence-electron chi connectivity index (χ4n) is 3.17. The predicted molar refractivity (Wildman–Crippen MR) is 97.4 cm³/mol. The molecule has 1 atom stereocenters. The highest BCUT2D eigenvalue weighted by molar-refractivity contribution is 5.78. The number of aryl methyl sites for hydroxylation is 1. The van der Waals surface area contributed by atoms with Crippen molar-refractivity contribution in [2.45, 2.75) is 46.1 Å². The Balaban J connectivity index is 1.88. The molecule has 2 aromatic heterocycles. The van der Waals surface area contributed by atoms with Crippen molar-refractivity contribution in [2.75, 3.05) is 11.9 Å². The molecule has 3 rings (SSSR count). The number of amides is 1. The van der Waals surface area contributed by atoms with Crippen molar-refractivity contribution in [3.63, 3.8) is 0 Å². The molecule has 0 radical (unpaired) electrons. The Hall–Kier alpha value is -2.50. The van der Waals surface area contributed by atoms with Crippen LogP contribution in [0, 0.1) is 12.8 Å². The van der Waals surface area contributed by atoms with Gasteiger partial charge >= 0.3 is 0 Å². The molecule has 3 heterocycles. The van der Waals surface area contributed by atoms with Crippen molar-refractivity contribution >= 4 is 17.5 Å². The highest BCUT2D eigenvalue weighted by Crippen LogP contribution is 2.31. The van der Waals surface area contributed by atoms with E-state index in [1.165, 1.54) is 0 Å². The van der Waals surface area contributed by atoms with Gasteiger partial charge in [-0.25, -0.2) is 15.0 Å². The first-order chi connectivity index (χ1) is 12.0. The summed E-state index contributed by atoms with van der Waals surface area (Å²) in [4.78, 5) is 28.1. The van der Waals surface area contributed by atoms with Crippen LogP contribution in [0.5, 0.6) is 0 Å². The molecule has 1 unspecified atom stereocenters. The summed E-state index contributed by atoms with van der Waals surface area (Å²) in [5, 5.41) is 3.23. The van der Waals surface area contributed by atoms with Crippen molar-refractivity contribution in [3.05, 3.63) is 42.0 Å². The van der Waals surface area contributed by atoms with Crippen LogP contribution in [0.2, 0.25) is 0 Å². The number of likely N-dealkylation sites (tertiary alicyclic amines) is 1. The second-order valence-electron chi connectivity index (χ2n) is 6.79. The Bertz CT molecular complexity index is 732. The lowest BCUT2D eigenvalue weighted by Gasteiger charge is -2.36. The smallest absolute Gasteiger partial charge is 0.225 e. The maximum absolute atomic E-state index is 12.6. The van der Waals surface area contributed by atoms with Crippen molar-refractivity contribution in [1.82, 2.24) is 19.9 Å². The third-order valence-corrected chi connectivity index (χ3v) is 4.37. The molecule has 0 spiro atoms. The number of carbonyl (C=O) groups excluding carboxylic acids is 1. The van der Waals surface area contributed by atoms with E-state index in [9.17, 15) is 4.79 Å². The topological polar surface area (TPSA) is 71.0 Å². The molecule has 0 saturated carbocycles. The standard InChI is InChI=1S/C19H25N5O/c1-13(2)19(25)24-11-7-5-8-15(24)18-21-14(3)12-17(23-18)22-16-9-4-6-10-20-16/h4,6,9-10,12-13,15H,5,7-8,11H2,1-3H3,(H,20,21,22,23). The summed E-state index contributed by atoms with van der Waals surface area (Å²) in [6.45, 7) is 6.62. The summed E-state index contributed by atoms with van der Waals surface area (Å²) < 4.78 is 0. The zero-order valence-corrected chi connectivity index (χ0v) is 15.1. The highest BCUT2D eigenvalue weighted by Gasteiger charge is 2.31. The summed E-state index contributed by atoms with van der Waals surface area (Å²) in [6, 6.07) is 7.54. The summed E-state index contributed by atoms with van der Waals surface area (Å²) in [7, 11) is 0. The van der Waals surface area contributed by atoms with Crippen LogP contribution in [-0.4, -0.2) is 32.3 Å². The number of hydrogen-bond donors (Lipinski definition) is 1. The monoisotopic (exact) mass is 339 g/mol. The number of aromatic nitrogens is 3. The van der Waals surface area contributed by atoms with Gasteiger partial charge in [-0.3, -0.25) is 4.79 Å². The number of hydrogen-bond acceptors (Lipinski definition) is 5. The minimum atomic E-state index is -0.0483. The number of nitrogens with zero attached hydrogens (tertiary/aromatic N) is 4. The fourth-order valence-corrected chi connectivity index (χ4v) is 3.17. The number of rotatable bonds is 4. The van der Waals surface area contributed by atoms with Gasteiger partial charge in [0.05, 0.1) is 6.04 Å². The van der Waals surface area contributed by atoms with Gasteiger partial charge < -0.3 is 10.2 Å². The molecule has 0 aliphatic carbocycles. The maximum atomic E-state index is 12.6. The first kappa shape index (κ1) is 17.3. The van der Waals surface area contributed by atoms with Crippen molar-refractivity contribution in [1.29, 1.82) is 0 Å². The molecule has 1 aliphatic heterocycles. The van der Waals surface area contributed by atoms with Gasteiger partial charge in [0.25, 0.3) is 0 Å². The van der Waals surface area contributed by atoms with Crippen LogP contribution in [0.15, 0.2) is 30.5 Å². The Kier molecular flexibility index (Phi) is 5.26. The lowest BCUT2D eigenvalue weighted by molar-refractivity contribution is -0.138. The van der Waals surface area contributed by atoms with E-state index in [-0.39, 0.29) is 17.9 Å². The van der Waals surface area contributed by atoms with Gasteiger partial charge in [-0.2, -0.15) is 0 Å². The van der Waals surface area contributed by atoms with E-state index in [2.05, 4.69) is 20.3 Å². The first-order valence-electron chi connectivity index (χ1n) is 8.88. The van der Waals surface area contributed by atoms with E-state index in [1.54, 1.807) is 6.20 Å². The summed E-state index contributed by atoms with van der Waals surface area (Å²) >= 11 is 0. The Morgan fingerprint density at radius 1 is 1.24 bits per heavy atom. The lowest BCUT2D eigenvalue weighted by Crippen LogP contribution is -2.41. The number of carbonyl (C=O) groups is 1. The number of piperidine rings is 1. The molecule has 6 nitrogen and oxygen atoms in total. The van der Waals surface area contributed by atoms with Gasteiger partial charge in [-0.05, 0) is 38.3 Å². The Morgan fingerprint density at radius 2 is 2.08 bits per heavy atom. The van der Waals surface area contributed by atoms with E-state index in [0.717, 1.165) is 37.3 Å². The summed E-state index contributed by atoms with van der Waals surface area (Å²) in [6.07, 6.45) is 4.78. The molecular weight excluding hydrogens is 314 g/mol. The van der Waals surface area contributed by atoms with Gasteiger partial charge in [0.15, 0.2) is 5.82 Å². The Labute approximate surface area is 148 Å². The van der Waals surface area contributed by atoms with Gasteiger partial charge in [-0.15, -0.1) is 0 Å². The summed E-state index contributed by atoms with van der Waals surface area (Å²) in [5.74, 6) is 2.33. The van der Waals surface area contributed by atoms with Crippen LogP contribution < -0.4 is 5.32 Å². The van der Waals surface area contributed by atoms with Crippen LogP contribution in [-0.2, 0) is 4.79 Å². The molecule has 2 aromatic rings. The number of pyridine rings is 1. The lowest BCUT2D eigenvalue weighted by atomic mass is 9.99. The predicted octanol–water partition coefficient (Wildman–Crippen LogP) is 3.63. The number of anilines is 2. The zero-order chi connectivity index (χ0) is 17.8. The molecule has 1 amide bonds. The average molecular weight is 339 g/mol. The van der Waals surface area contributed by atoms with Crippen LogP contribution in [0.1, 0.15) is 50.7 Å². The molecular formula is C19H25N5O.